The highest BCUT2D eigenvalue weighted by molar-refractivity contribution is 5.65. The average molecular weight is 344 g/mol. The Balaban J connectivity index is 1.79. The monoisotopic (exact) mass is 344 g/mol. The molecule has 0 saturated heterocycles. The van der Waals surface area contributed by atoms with E-state index in [9.17, 15) is 8.78 Å². The van der Waals surface area contributed by atoms with Crippen molar-refractivity contribution in [2.24, 2.45) is 5.92 Å². The van der Waals surface area contributed by atoms with Crippen molar-refractivity contribution in [3.8, 4) is 16.9 Å². The van der Waals surface area contributed by atoms with Crippen molar-refractivity contribution >= 4 is 0 Å². The minimum atomic E-state index is -0.906. The van der Waals surface area contributed by atoms with Crippen LogP contribution < -0.4 is 4.74 Å². The highest BCUT2D eigenvalue weighted by Crippen LogP contribution is 2.37. The smallest absolute Gasteiger partial charge is 0.201 e. The zero-order valence-corrected chi connectivity index (χ0v) is 15.0. The molecule has 0 radical (unpaired) electrons. The first-order valence-electron chi connectivity index (χ1n) is 9.31. The molecule has 3 rings (SSSR count). The Kier molecular flexibility index (Phi) is 5.72. The van der Waals surface area contributed by atoms with Crippen molar-refractivity contribution in [2.45, 2.75) is 51.9 Å². The Morgan fingerprint density at radius 3 is 2.24 bits per heavy atom. The summed E-state index contributed by atoms with van der Waals surface area (Å²) >= 11 is 0. The molecule has 0 spiro atoms. The van der Waals surface area contributed by atoms with E-state index in [2.05, 4.69) is 19.1 Å². The molecule has 0 N–H and O–H groups in total. The molecule has 1 saturated carbocycles. The van der Waals surface area contributed by atoms with Crippen LogP contribution in [0.3, 0.4) is 0 Å². The molecule has 0 aliphatic heterocycles. The number of hydrogen-bond acceptors (Lipinski definition) is 1. The normalized spacial score (nSPS) is 20.5. The van der Waals surface area contributed by atoms with Crippen molar-refractivity contribution in [1.29, 1.82) is 0 Å². The summed E-state index contributed by atoms with van der Waals surface area (Å²) in [5, 5.41) is 0. The third-order valence-corrected chi connectivity index (χ3v) is 5.22. The summed E-state index contributed by atoms with van der Waals surface area (Å²) in [5.41, 5.74) is 2.29. The molecule has 1 aliphatic rings. The lowest BCUT2D eigenvalue weighted by atomic mass is 9.79. The second kappa shape index (κ2) is 7.99. The predicted molar refractivity (Wildman–Crippen MR) is 98.0 cm³/mol. The van der Waals surface area contributed by atoms with Crippen LogP contribution in [0.4, 0.5) is 8.78 Å². The molecule has 0 heterocycles. The summed E-state index contributed by atoms with van der Waals surface area (Å²) in [4.78, 5) is 0. The highest BCUT2D eigenvalue weighted by Gasteiger charge is 2.20. The average Bonchev–Trinajstić information content (AvgIpc) is 2.64. The Labute approximate surface area is 149 Å². The lowest BCUT2D eigenvalue weighted by Gasteiger charge is -2.26. The van der Waals surface area contributed by atoms with Crippen molar-refractivity contribution < 1.29 is 13.5 Å². The number of rotatable bonds is 5. The first kappa shape index (κ1) is 17.9. The van der Waals surface area contributed by atoms with Gasteiger partial charge in [-0.1, -0.05) is 51.0 Å². The van der Waals surface area contributed by atoms with E-state index in [0.29, 0.717) is 18.1 Å². The molecular weight excluding hydrogens is 318 g/mol. The highest BCUT2D eigenvalue weighted by atomic mass is 19.2. The molecule has 3 heteroatoms. The van der Waals surface area contributed by atoms with Crippen molar-refractivity contribution in [3.05, 3.63) is 53.6 Å². The first-order chi connectivity index (χ1) is 12.1. The second-order valence-corrected chi connectivity index (χ2v) is 7.17. The molecule has 1 nitrogen and oxygen atoms in total. The molecule has 2 aromatic rings. The van der Waals surface area contributed by atoms with Gasteiger partial charge < -0.3 is 4.74 Å². The van der Waals surface area contributed by atoms with E-state index < -0.39 is 11.6 Å². The van der Waals surface area contributed by atoms with Gasteiger partial charge in [0.1, 0.15) is 0 Å². The van der Waals surface area contributed by atoms with Gasteiger partial charge in [0, 0.05) is 5.56 Å². The second-order valence-electron chi connectivity index (χ2n) is 7.17. The fourth-order valence-electron chi connectivity index (χ4n) is 3.61. The molecular formula is C22H26F2O. The molecule has 0 aromatic heterocycles. The molecule has 1 fully saturated rings. The summed E-state index contributed by atoms with van der Waals surface area (Å²) in [5.74, 6) is -0.349. The van der Waals surface area contributed by atoms with Crippen LogP contribution in [0.2, 0.25) is 0 Å². The Hall–Kier alpha value is -1.90. The van der Waals surface area contributed by atoms with Crippen molar-refractivity contribution in [1.82, 2.24) is 0 Å². The van der Waals surface area contributed by atoms with Gasteiger partial charge in [0.25, 0.3) is 0 Å². The van der Waals surface area contributed by atoms with Crippen molar-refractivity contribution in [3.63, 3.8) is 0 Å². The number of halogens is 2. The van der Waals surface area contributed by atoms with Crippen LogP contribution >= 0.6 is 0 Å². The maximum Gasteiger partial charge on any atom is 0.201 e. The van der Waals surface area contributed by atoms with Gasteiger partial charge in [0.05, 0.1) is 6.61 Å². The van der Waals surface area contributed by atoms with Crippen LogP contribution in [-0.2, 0) is 0 Å². The first-order valence-corrected chi connectivity index (χ1v) is 9.31. The zero-order chi connectivity index (χ0) is 17.8. The lowest BCUT2D eigenvalue weighted by Crippen LogP contribution is -2.10. The third-order valence-electron chi connectivity index (χ3n) is 5.22. The summed E-state index contributed by atoms with van der Waals surface area (Å²) in [7, 11) is 0. The Morgan fingerprint density at radius 2 is 1.60 bits per heavy atom. The minimum Gasteiger partial charge on any atom is -0.490 e. The largest absolute Gasteiger partial charge is 0.490 e. The van der Waals surface area contributed by atoms with E-state index in [-0.39, 0.29) is 11.3 Å². The number of benzene rings is 2. The quantitative estimate of drug-likeness (QED) is 0.585. The predicted octanol–water partition coefficient (Wildman–Crippen LogP) is 6.71. The van der Waals surface area contributed by atoms with E-state index in [0.717, 1.165) is 12.3 Å². The molecule has 1 aliphatic carbocycles. The third kappa shape index (κ3) is 4.02. The van der Waals surface area contributed by atoms with E-state index in [1.807, 2.05) is 19.1 Å². The van der Waals surface area contributed by atoms with Crippen LogP contribution in [0.25, 0.3) is 11.1 Å². The minimum absolute atomic E-state index is 0.0176. The van der Waals surface area contributed by atoms with Crippen LogP contribution in [0.5, 0.6) is 5.75 Å². The molecule has 0 unspecified atom stereocenters. The van der Waals surface area contributed by atoms with E-state index in [4.69, 9.17) is 4.74 Å². The van der Waals surface area contributed by atoms with Gasteiger partial charge in [0.2, 0.25) is 5.82 Å². The SMILES string of the molecule is CCCOc1ccc(-c2ccc(C3CCC(C)CC3)cc2)c(F)c1F. The van der Waals surface area contributed by atoms with E-state index in [1.54, 1.807) is 6.07 Å². The van der Waals surface area contributed by atoms with E-state index in [1.165, 1.54) is 37.3 Å². The van der Waals surface area contributed by atoms with Crippen LogP contribution in [0.15, 0.2) is 36.4 Å². The van der Waals surface area contributed by atoms with Gasteiger partial charge in [-0.25, -0.2) is 4.39 Å². The molecule has 25 heavy (non-hydrogen) atoms. The molecule has 2 aromatic carbocycles. The maximum absolute atomic E-state index is 14.4. The molecule has 134 valence electrons. The number of hydrogen-bond donors (Lipinski definition) is 0. The summed E-state index contributed by atoms with van der Waals surface area (Å²) in [6.07, 6.45) is 5.72. The summed E-state index contributed by atoms with van der Waals surface area (Å²) in [6.45, 7) is 4.62. The van der Waals surface area contributed by atoms with Gasteiger partial charge in [-0.05, 0) is 54.4 Å². The molecule has 0 bridgehead atoms. The fourth-order valence-corrected chi connectivity index (χ4v) is 3.61. The molecule has 0 atom stereocenters. The number of ether oxygens (including phenoxy) is 1. The maximum atomic E-state index is 14.4. The summed E-state index contributed by atoms with van der Waals surface area (Å²) in [6, 6.07) is 11.0. The Morgan fingerprint density at radius 1 is 0.920 bits per heavy atom. The van der Waals surface area contributed by atoms with E-state index >= 15 is 0 Å². The Bertz CT molecular complexity index is 701. The topological polar surface area (TPSA) is 9.23 Å². The lowest BCUT2D eigenvalue weighted by molar-refractivity contribution is 0.295. The van der Waals surface area contributed by atoms with Crippen LogP contribution in [0, 0.1) is 17.6 Å². The molecule has 0 amide bonds. The standard InChI is InChI=1S/C22H26F2O/c1-3-14-25-20-13-12-19(21(23)22(20)24)18-10-8-17(9-11-18)16-6-4-15(2)5-7-16/h8-13,15-16H,3-7,14H2,1-2H3. The van der Waals surface area contributed by atoms with Crippen molar-refractivity contribution in [2.75, 3.05) is 6.61 Å². The van der Waals surface area contributed by atoms with Gasteiger partial charge >= 0.3 is 0 Å². The fraction of sp³-hybridized carbons (Fsp3) is 0.455. The van der Waals surface area contributed by atoms with Gasteiger partial charge in [-0.2, -0.15) is 4.39 Å². The summed E-state index contributed by atoms with van der Waals surface area (Å²) < 4.78 is 33.8. The zero-order valence-electron chi connectivity index (χ0n) is 15.0. The van der Waals surface area contributed by atoms with Crippen LogP contribution in [-0.4, -0.2) is 6.61 Å². The van der Waals surface area contributed by atoms with Gasteiger partial charge in [-0.15, -0.1) is 0 Å². The van der Waals surface area contributed by atoms with Gasteiger partial charge in [0.15, 0.2) is 11.6 Å². The van der Waals surface area contributed by atoms with Crippen LogP contribution in [0.1, 0.15) is 57.4 Å². The van der Waals surface area contributed by atoms with Gasteiger partial charge in [-0.3, -0.25) is 0 Å².